The Hall–Kier alpha value is -1.09. The van der Waals surface area contributed by atoms with Gasteiger partial charge in [0.15, 0.2) is 0 Å². The van der Waals surface area contributed by atoms with Gasteiger partial charge in [0.1, 0.15) is 0 Å². The molecule has 3 heteroatoms. The lowest BCUT2D eigenvalue weighted by Crippen LogP contribution is -2.26. The zero-order valence-corrected chi connectivity index (χ0v) is 9.22. The second-order valence-corrected chi connectivity index (χ2v) is 4.08. The Kier molecular flexibility index (Phi) is 4.40. The molecule has 0 saturated carbocycles. The summed E-state index contributed by atoms with van der Waals surface area (Å²) in [6, 6.07) is 3.76. The topological polar surface area (TPSA) is 20.3 Å². The molecule has 1 amide bonds. The number of amides is 1. The fourth-order valence-electron chi connectivity index (χ4n) is 1.16. The third-order valence-electron chi connectivity index (χ3n) is 1.98. The van der Waals surface area contributed by atoms with Gasteiger partial charge in [0.05, 0.1) is 4.88 Å². The van der Waals surface area contributed by atoms with Gasteiger partial charge in [0, 0.05) is 13.6 Å². The molecule has 1 heterocycles. The van der Waals surface area contributed by atoms with Crippen LogP contribution in [0.15, 0.2) is 30.2 Å². The van der Waals surface area contributed by atoms with E-state index in [1.165, 1.54) is 11.3 Å². The molecule has 0 atom stereocenters. The van der Waals surface area contributed by atoms with Crippen LogP contribution in [0.5, 0.6) is 0 Å². The quantitative estimate of drug-likeness (QED) is 0.539. The second-order valence-electron chi connectivity index (χ2n) is 3.13. The fourth-order valence-corrected chi connectivity index (χ4v) is 1.88. The van der Waals surface area contributed by atoms with Gasteiger partial charge in [-0.1, -0.05) is 12.1 Å². The van der Waals surface area contributed by atoms with Crippen LogP contribution in [-0.4, -0.2) is 24.4 Å². The Labute approximate surface area is 88.9 Å². The molecule has 0 aliphatic rings. The molecule has 14 heavy (non-hydrogen) atoms. The van der Waals surface area contributed by atoms with E-state index in [9.17, 15) is 4.79 Å². The monoisotopic (exact) mass is 209 g/mol. The smallest absolute Gasteiger partial charge is 0.263 e. The van der Waals surface area contributed by atoms with Gasteiger partial charge in [0.25, 0.3) is 5.91 Å². The van der Waals surface area contributed by atoms with Crippen molar-refractivity contribution >= 4 is 17.2 Å². The highest BCUT2D eigenvalue weighted by molar-refractivity contribution is 7.12. The highest BCUT2D eigenvalue weighted by atomic mass is 32.1. The Balaban J connectivity index is 2.41. The summed E-state index contributed by atoms with van der Waals surface area (Å²) in [5.41, 5.74) is 0. The van der Waals surface area contributed by atoms with Crippen molar-refractivity contribution in [3.8, 4) is 0 Å². The molecule has 0 aliphatic heterocycles. The summed E-state index contributed by atoms with van der Waals surface area (Å²) in [6.07, 6.45) is 3.82. The first-order valence-corrected chi connectivity index (χ1v) is 5.53. The third-order valence-corrected chi connectivity index (χ3v) is 2.84. The van der Waals surface area contributed by atoms with Crippen molar-refractivity contribution in [1.29, 1.82) is 0 Å². The Morgan fingerprint density at radius 2 is 2.50 bits per heavy atom. The molecule has 0 fully saturated rings. The van der Waals surface area contributed by atoms with Gasteiger partial charge < -0.3 is 4.90 Å². The first kappa shape index (κ1) is 11.0. The van der Waals surface area contributed by atoms with Crippen LogP contribution in [-0.2, 0) is 0 Å². The van der Waals surface area contributed by atoms with Gasteiger partial charge in [-0.15, -0.1) is 17.9 Å². The minimum Gasteiger partial charge on any atom is -0.341 e. The molecular weight excluding hydrogens is 194 g/mol. The van der Waals surface area contributed by atoms with Crippen LogP contribution in [0.3, 0.4) is 0 Å². The van der Waals surface area contributed by atoms with E-state index in [4.69, 9.17) is 0 Å². The Morgan fingerprint density at radius 3 is 3.07 bits per heavy atom. The summed E-state index contributed by atoms with van der Waals surface area (Å²) in [4.78, 5) is 14.3. The number of unbranched alkanes of at least 4 members (excludes halogenated alkanes) is 1. The number of nitrogens with zero attached hydrogens (tertiary/aromatic N) is 1. The predicted octanol–water partition coefficient (Wildman–Crippen LogP) is 2.79. The van der Waals surface area contributed by atoms with Gasteiger partial charge in [-0.2, -0.15) is 0 Å². The van der Waals surface area contributed by atoms with Crippen LogP contribution in [0, 0.1) is 0 Å². The van der Waals surface area contributed by atoms with E-state index in [0.29, 0.717) is 0 Å². The van der Waals surface area contributed by atoms with Crippen LogP contribution < -0.4 is 0 Å². The normalized spacial score (nSPS) is 9.79. The average Bonchev–Trinajstić information content (AvgIpc) is 2.69. The standard InChI is InChI=1S/C11H15NOS/c1-3-4-5-8-12(2)11(13)10-7-6-9-14-10/h3,6-7,9H,1,4-5,8H2,2H3. The third kappa shape index (κ3) is 3.00. The zero-order chi connectivity index (χ0) is 10.4. The second kappa shape index (κ2) is 5.60. The molecule has 1 aromatic heterocycles. The highest BCUT2D eigenvalue weighted by Gasteiger charge is 2.10. The summed E-state index contributed by atoms with van der Waals surface area (Å²) in [6.45, 7) is 4.45. The van der Waals surface area contributed by atoms with Crippen LogP contribution >= 0.6 is 11.3 Å². The lowest BCUT2D eigenvalue weighted by molar-refractivity contribution is 0.0798. The maximum absolute atomic E-state index is 11.7. The van der Waals surface area contributed by atoms with Crippen molar-refractivity contribution in [2.24, 2.45) is 0 Å². The van der Waals surface area contributed by atoms with Crippen LogP contribution in [0.25, 0.3) is 0 Å². The largest absolute Gasteiger partial charge is 0.341 e. The van der Waals surface area contributed by atoms with Crippen molar-refractivity contribution in [1.82, 2.24) is 4.90 Å². The molecule has 0 aliphatic carbocycles. The van der Waals surface area contributed by atoms with Crippen molar-refractivity contribution in [3.63, 3.8) is 0 Å². The molecule has 0 spiro atoms. The molecule has 1 rings (SSSR count). The molecule has 0 saturated heterocycles. The number of hydrogen-bond acceptors (Lipinski definition) is 2. The van der Waals surface area contributed by atoms with Gasteiger partial charge in [-0.3, -0.25) is 4.79 Å². The van der Waals surface area contributed by atoms with Crippen molar-refractivity contribution in [2.75, 3.05) is 13.6 Å². The molecule has 1 aromatic rings. The SMILES string of the molecule is C=CCCCN(C)C(=O)c1cccs1. The number of thiophene rings is 1. The van der Waals surface area contributed by atoms with E-state index >= 15 is 0 Å². The van der Waals surface area contributed by atoms with E-state index < -0.39 is 0 Å². The summed E-state index contributed by atoms with van der Waals surface area (Å²) >= 11 is 1.49. The minimum atomic E-state index is 0.115. The fraction of sp³-hybridized carbons (Fsp3) is 0.364. The number of carbonyl (C=O) groups excluding carboxylic acids is 1. The van der Waals surface area contributed by atoms with Crippen molar-refractivity contribution in [2.45, 2.75) is 12.8 Å². The van der Waals surface area contributed by atoms with Gasteiger partial charge in [0.2, 0.25) is 0 Å². The molecular formula is C11H15NOS. The average molecular weight is 209 g/mol. The summed E-state index contributed by atoms with van der Waals surface area (Å²) < 4.78 is 0. The molecule has 0 unspecified atom stereocenters. The first-order valence-electron chi connectivity index (χ1n) is 4.65. The van der Waals surface area contributed by atoms with Gasteiger partial charge >= 0.3 is 0 Å². The first-order chi connectivity index (χ1) is 6.75. The van der Waals surface area contributed by atoms with Gasteiger partial charge in [-0.05, 0) is 24.3 Å². The lowest BCUT2D eigenvalue weighted by Gasteiger charge is -2.15. The van der Waals surface area contributed by atoms with Crippen molar-refractivity contribution < 1.29 is 4.79 Å². The number of hydrogen-bond donors (Lipinski definition) is 0. The highest BCUT2D eigenvalue weighted by Crippen LogP contribution is 2.11. The number of rotatable bonds is 5. The van der Waals surface area contributed by atoms with Gasteiger partial charge in [-0.25, -0.2) is 0 Å². The lowest BCUT2D eigenvalue weighted by atomic mass is 10.3. The number of allylic oxidation sites excluding steroid dienone is 1. The van der Waals surface area contributed by atoms with Crippen molar-refractivity contribution in [3.05, 3.63) is 35.0 Å². The van der Waals surface area contributed by atoms with E-state index in [1.54, 1.807) is 4.90 Å². The molecule has 0 radical (unpaired) electrons. The Morgan fingerprint density at radius 1 is 1.71 bits per heavy atom. The number of carbonyl (C=O) groups is 1. The molecule has 0 N–H and O–H groups in total. The molecule has 0 aromatic carbocycles. The Bertz CT molecular complexity index is 292. The maximum atomic E-state index is 11.7. The van der Waals surface area contributed by atoms with E-state index in [0.717, 1.165) is 24.3 Å². The molecule has 0 bridgehead atoms. The van der Waals surface area contributed by atoms with E-state index in [-0.39, 0.29) is 5.91 Å². The molecule has 2 nitrogen and oxygen atoms in total. The molecule has 76 valence electrons. The van der Waals surface area contributed by atoms with Crippen LogP contribution in [0.2, 0.25) is 0 Å². The predicted molar refractivity (Wildman–Crippen MR) is 60.7 cm³/mol. The van der Waals surface area contributed by atoms with E-state index in [1.807, 2.05) is 30.6 Å². The zero-order valence-electron chi connectivity index (χ0n) is 8.40. The maximum Gasteiger partial charge on any atom is 0.263 e. The van der Waals surface area contributed by atoms with E-state index in [2.05, 4.69) is 6.58 Å². The summed E-state index contributed by atoms with van der Waals surface area (Å²) in [5.74, 6) is 0.115. The summed E-state index contributed by atoms with van der Waals surface area (Å²) in [7, 11) is 1.84. The minimum absolute atomic E-state index is 0.115. The summed E-state index contributed by atoms with van der Waals surface area (Å²) in [5, 5.41) is 1.92. The van der Waals surface area contributed by atoms with Crippen LogP contribution in [0.1, 0.15) is 22.5 Å². The van der Waals surface area contributed by atoms with Crippen LogP contribution in [0.4, 0.5) is 0 Å².